The van der Waals surface area contributed by atoms with Gasteiger partial charge in [-0.1, -0.05) is 37.5 Å². The predicted molar refractivity (Wildman–Crippen MR) is 132 cm³/mol. The van der Waals surface area contributed by atoms with Gasteiger partial charge < -0.3 is 9.64 Å². The summed E-state index contributed by atoms with van der Waals surface area (Å²) in [4.78, 5) is 8.70. The minimum Gasteiger partial charge on any atom is -0.492 e. The van der Waals surface area contributed by atoms with Crippen molar-refractivity contribution < 1.29 is 4.74 Å². The van der Waals surface area contributed by atoms with Crippen molar-refractivity contribution >= 4 is 5.69 Å². The fourth-order valence-corrected chi connectivity index (χ4v) is 4.32. The first-order valence-corrected chi connectivity index (χ1v) is 11.5. The summed E-state index contributed by atoms with van der Waals surface area (Å²) in [5.41, 5.74) is 4.74. The van der Waals surface area contributed by atoms with Crippen molar-refractivity contribution in [2.24, 2.45) is 0 Å². The molecule has 4 nitrogen and oxygen atoms in total. The third-order valence-corrected chi connectivity index (χ3v) is 6.23. The summed E-state index contributed by atoms with van der Waals surface area (Å²) < 4.78 is 6.03. The highest BCUT2D eigenvalue weighted by Gasteiger charge is 2.15. The summed E-state index contributed by atoms with van der Waals surface area (Å²) in [7, 11) is 0. The van der Waals surface area contributed by atoms with E-state index in [4.69, 9.17) is 17.9 Å². The van der Waals surface area contributed by atoms with Crippen LogP contribution in [0.15, 0.2) is 54.4 Å². The van der Waals surface area contributed by atoms with Gasteiger partial charge in [-0.15, -0.1) is 0 Å². The molecule has 0 saturated heterocycles. The molecule has 0 bridgehead atoms. The van der Waals surface area contributed by atoms with Crippen molar-refractivity contribution in [3.63, 3.8) is 0 Å². The Hall–Kier alpha value is -3.24. The molecule has 3 rings (SSSR count). The molecule has 0 unspecified atom stereocenters. The van der Waals surface area contributed by atoms with Crippen molar-refractivity contribution in [3.05, 3.63) is 100 Å². The van der Waals surface area contributed by atoms with E-state index in [1.54, 1.807) is 6.08 Å². The van der Waals surface area contributed by atoms with E-state index in [1.165, 1.54) is 37.7 Å². The largest absolute Gasteiger partial charge is 0.515 e. The number of rotatable bonds is 9. The lowest BCUT2D eigenvalue weighted by molar-refractivity contribution is 0.324. The minimum atomic E-state index is 0.0765. The molecule has 0 spiro atoms. The Morgan fingerprint density at radius 2 is 1.78 bits per heavy atom. The van der Waals surface area contributed by atoms with Crippen molar-refractivity contribution in [3.8, 4) is 5.75 Å². The molecule has 4 heteroatoms. The molecule has 32 heavy (non-hydrogen) atoms. The van der Waals surface area contributed by atoms with Crippen molar-refractivity contribution in [1.82, 2.24) is 0 Å². The highest BCUT2D eigenvalue weighted by Crippen LogP contribution is 2.33. The van der Waals surface area contributed by atoms with Crippen LogP contribution in [0.5, 0.6) is 5.75 Å². The summed E-state index contributed by atoms with van der Waals surface area (Å²) >= 11 is 0. The van der Waals surface area contributed by atoms with Crippen LogP contribution in [-0.2, 0) is 0 Å². The van der Waals surface area contributed by atoms with Gasteiger partial charge in [-0.25, -0.2) is 0 Å². The number of allylic oxidation sites excluding steroid dienone is 1. The number of hydrogen-bond acceptors (Lipinski definition) is 2. The molecule has 0 N–H and O–H groups in total. The van der Waals surface area contributed by atoms with E-state index in [-0.39, 0.29) is 5.82 Å². The Morgan fingerprint density at radius 1 is 1.06 bits per heavy atom. The Kier molecular flexibility index (Phi) is 8.76. The number of benzene rings is 2. The summed E-state index contributed by atoms with van der Waals surface area (Å²) in [5, 5.41) is 0. The molecule has 0 aromatic heterocycles. The summed E-state index contributed by atoms with van der Waals surface area (Å²) in [6, 6.07) is 15.0. The Balaban J connectivity index is 1.54. The lowest BCUT2D eigenvalue weighted by atomic mass is 9.84. The monoisotopic (exact) mass is 426 g/mol. The van der Waals surface area contributed by atoms with Crippen LogP contribution in [0.2, 0.25) is 0 Å². The van der Waals surface area contributed by atoms with Crippen LogP contribution in [0.1, 0.15) is 61.6 Å². The third-order valence-electron chi connectivity index (χ3n) is 6.23. The molecule has 1 aliphatic rings. The molecule has 2 aromatic carbocycles. The van der Waals surface area contributed by atoms with Crippen molar-refractivity contribution in [1.29, 1.82) is 0 Å². The molecule has 2 aromatic rings. The molecule has 0 heterocycles. The molecule has 165 valence electrons. The van der Waals surface area contributed by atoms with Crippen LogP contribution in [0.25, 0.3) is 9.69 Å². The van der Waals surface area contributed by atoms with Gasteiger partial charge in [0.2, 0.25) is 0 Å². The average molecular weight is 427 g/mol. The molecule has 0 atom stereocenters. The number of likely N-dealkylation sites (N-methyl/N-ethyl adjacent to an activating group) is 1. The van der Waals surface area contributed by atoms with Crippen LogP contribution < -0.4 is 9.64 Å². The van der Waals surface area contributed by atoms with E-state index in [2.05, 4.69) is 64.8 Å². The zero-order valence-corrected chi connectivity index (χ0v) is 19.2. The Labute approximate surface area is 193 Å². The third kappa shape index (κ3) is 6.38. The highest BCUT2D eigenvalue weighted by molar-refractivity contribution is 5.53. The molecular weight excluding hydrogens is 394 g/mol. The summed E-state index contributed by atoms with van der Waals surface area (Å²) in [5.74, 6) is 1.73. The van der Waals surface area contributed by atoms with Crippen LogP contribution >= 0.6 is 0 Å². The molecular formula is C28H32N3O. The SMILES string of the molecule is [C-]#[N+]C(=C[CH]c1ccc(N(CC)CCOc2ccc(C3CCCCC3)cc2)cc1C)[N+]#[C-]. The fourth-order valence-electron chi connectivity index (χ4n) is 4.32. The number of aryl methyl sites for hydroxylation is 1. The molecule has 1 radical (unpaired) electrons. The van der Waals surface area contributed by atoms with Gasteiger partial charge >= 0.3 is 5.82 Å². The van der Waals surface area contributed by atoms with Crippen LogP contribution in [0.3, 0.4) is 0 Å². The molecule has 1 fully saturated rings. The van der Waals surface area contributed by atoms with Gasteiger partial charge in [-0.05, 0) is 73.6 Å². The van der Waals surface area contributed by atoms with Crippen molar-refractivity contribution in [2.75, 3.05) is 24.6 Å². The Bertz CT molecular complexity index is 973. The van der Waals surface area contributed by atoms with Gasteiger partial charge in [0.1, 0.15) is 25.5 Å². The lowest BCUT2D eigenvalue weighted by Crippen LogP contribution is -2.28. The zero-order valence-electron chi connectivity index (χ0n) is 19.2. The maximum atomic E-state index is 6.98. The fraction of sp³-hybridized carbons (Fsp3) is 0.393. The maximum Gasteiger partial charge on any atom is 0.515 e. The van der Waals surface area contributed by atoms with E-state index < -0.39 is 0 Å². The van der Waals surface area contributed by atoms with Gasteiger partial charge in [-0.2, -0.15) is 9.69 Å². The second-order valence-electron chi connectivity index (χ2n) is 8.29. The minimum absolute atomic E-state index is 0.0765. The van der Waals surface area contributed by atoms with Gasteiger partial charge in [0.25, 0.3) is 0 Å². The normalized spacial score (nSPS) is 13.6. The molecule has 0 amide bonds. The van der Waals surface area contributed by atoms with Crippen LogP contribution in [0, 0.1) is 26.5 Å². The number of hydrogen-bond donors (Lipinski definition) is 0. The smallest absolute Gasteiger partial charge is 0.492 e. The van der Waals surface area contributed by atoms with Crippen molar-refractivity contribution in [2.45, 2.75) is 51.9 Å². The van der Waals surface area contributed by atoms with E-state index >= 15 is 0 Å². The lowest BCUT2D eigenvalue weighted by Gasteiger charge is -2.24. The van der Waals surface area contributed by atoms with E-state index in [0.29, 0.717) is 6.61 Å². The van der Waals surface area contributed by atoms with Gasteiger partial charge in [0, 0.05) is 24.7 Å². The quantitative estimate of drug-likeness (QED) is 0.396. The first-order valence-electron chi connectivity index (χ1n) is 11.5. The zero-order chi connectivity index (χ0) is 22.8. The molecule has 1 aliphatic carbocycles. The van der Waals surface area contributed by atoms with Gasteiger partial charge in [0.05, 0.1) is 6.54 Å². The van der Waals surface area contributed by atoms with Gasteiger partial charge in [0.15, 0.2) is 0 Å². The Morgan fingerprint density at radius 3 is 2.41 bits per heavy atom. The van der Waals surface area contributed by atoms with E-state index in [1.807, 2.05) is 12.5 Å². The van der Waals surface area contributed by atoms with E-state index in [9.17, 15) is 0 Å². The summed E-state index contributed by atoms with van der Waals surface area (Å²) in [6.45, 7) is 20.5. The topological polar surface area (TPSA) is 21.2 Å². The summed E-state index contributed by atoms with van der Waals surface area (Å²) in [6.07, 6.45) is 10.1. The predicted octanol–water partition coefficient (Wildman–Crippen LogP) is 7.18. The number of anilines is 1. The van der Waals surface area contributed by atoms with Gasteiger partial charge in [-0.3, -0.25) is 0 Å². The van der Waals surface area contributed by atoms with E-state index in [0.717, 1.165) is 41.6 Å². The maximum absolute atomic E-state index is 6.98. The van der Waals surface area contributed by atoms with Crippen LogP contribution in [-0.4, -0.2) is 19.7 Å². The first kappa shape index (κ1) is 23.4. The highest BCUT2D eigenvalue weighted by atomic mass is 16.5. The molecule has 0 aliphatic heterocycles. The second kappa shape index (κ2) is 12.0. The number of nitrogens with zero attached hydrogens (tertiary/aromatic N) is 3. The number of ether oxygens (including phenoxy) is 1. The first-order chi connectivity index (χ1) is 15.6. The van der Waals surface area contributed by atoms with Crippen LogP contribution in [0.4, 0.5) is 5.69 Å². The standard InChI is InChI=1S/C28H32N3O/c1-5-31(26-15-11-23(22(2)21-26)14-18-28(29-3)30-4)19-20-32-27-16-12-25(13-17-27)24-9-7-6-8-10-24/h11-18,21,24H,5-10,19-20H2,1-2H3. The molecule has 1 saturated carbocycles. The second-order valence-corrected chi connectivity index (χ2v) is 8.29. The average Bonchev–Trinajstić information content (AvgIpc) is 2.84.